The van der Waals surface area contributed by atoms with E-state index in [-0.39, 0.29) is 5.56 Å². The minimum atomic E-state index is 0.169. The molecule has 0 saturated carbocycles. The molecule has 0 unspecified atom stereocenters. The molecule has 1 rings (SSSR count). The normalized spacial score (nSPS) is 11.6. The highest BCUT2D eigenvalue weighted by Crippen LogP contribution is 2.08. The van der Waals surface area contributed by atoms with Gasteiger partial charge in [-0.25, -0.2) is 0 Å². The van der Waals surface area contributed by atoms with E-state index in [2.05, 4.69) is 39.1 Å². The maximum absolute atomic E-state index is 12.5. The molecule has 0 bridgehead atoms. The van der Waals surface area contributed by atoms with E-state index in [4.69, 9.17) is 0 Å². The van der Waals surface area contributed by atoms with Crippen molar-refractivity contribution in [3.8, 4) is 0 Å². The number of pyridine rings is 1. The van der Waals surface area contributed by atoms with Crippen LogP contribution >= 0.6 is 0 Å². The molecular formula is C16H28N2O. The van der Waals surface area contributed by atoms with Crippen molar-refractivity contribution in [1.29, 1.82) is 0 Å². The van der Waals surface area contributed by atoms with Crippen molar-refractivity contribution in [2.24, 2.45) is 11.8 Å². The fraction of sp³-hybridized carbons (Fsp3) is 0.688. The number of aryl methyl sites for hydroxylation is 2. The molecule has 0 fully saturated rings. The van der Waals surface area contributed by atoms with Crippen molar-refractivity contribution in [3.05, 3.63) is 33.2 Å². The van der Waals surface area contributed by atoms with Gasteiger partial charge in [0.15, 0.2) is 0 Å². The molecular weight excluding hydrogens is 236 g/mol. The lowest BCUT2D eigenvalue weighted by Crippen LogP contribution is -2.32. The lowest BCUT2D eigenvalue weighted by Gasteiger charge is -2.17. The molecule has 3 nitrogen and oxygen atoms in total. The van der Waals surface area contributed by atoms with Crippen molar-refractivity contribution in [3.63, 3.8) is 0 Å². The van der Waals surface area contributed by atoms with E-state index in [9.17, 15) is 4.79 Å². The van der Waals surface area contributed by atoms with Crippen molar-refractivity contribution >= 4 is 0 Å². The van der Waals surface area contributed by atoms with E-state index in [1.165, 1.54) is 0 Å². The van der Waals surface area contributed by atoms with Crippen molar-refractivity contribution < 1.29 is 0 Å². The Morgan fingerprint density at radius 1 is 1.16 bits per heavy atom. The predicted molar refractivity (Wildman–Crippen MR) is 81.6 cm³/mol. The van der Waals surface area contributed by atoms with E-state index in [1.54, 1.807) is 0 Å². The largest absolute Gasteiger partial charge is 0.312 e. The van der Waals surface area contributed by atoms with Crippen LogP contribution in [0.25, 0.3) is 0 Å². The molecule has 3 heteroatoms. The van der Waals surface area contributed by atoms with Gasteiger partial charge in [0, 0.05) is 24.3 Å². The predicted octanol–water partition coefficient (Wildman–Crippen LogP) is 2.87. The Hall–Kier alpha value is -1.09. The first-order valence-electron chi connectivity index (χ1n) is 7.23. The number of nitrogens with zero attached hydrogens (tertiary/aromatic N) is 1. The molecule has 0 radical (unpaired) electrons. The summed E-state index contributed by atoms with van der Waals surface area (Å²) in [6.45, 7) is 15.1. The van der Waals surface area contributed by atoms with Gasteiger partial charge in [-0.2, -0.15) is 0 Å². The summed E-state index contributed by atoms with van der Waals surface area (Å²) in [7, 11) is 0. The fourth-order valence-electron chi connectivity index (χ4n) is 2.26. The van der Waals surface area contributed by atoms with Gasteiger partial charge in [-0.05, 0) is 43.9 Å². The van der Waals surface area contributed by atoms with Gasteiger partial charge < -0.3 is 9.88 Å². The van der Waals surface area contributed by atoms with Crippen molar-refractivity contribution in [2.75, 3.05) is 6.54 Å². The molecule has 0 atom stereocenters. The summed E-state index contributed by atoms with van der Waals surface area (Å²) in [6.07, 6.45) is 0. The summed E-state index contributed by atoms with van der Waals surface area (Å²) in [4.78, 5) is 12.5. The Balaban J connectivity index is 3.00. The summed E-state index contributed by atoms with van der Waals surface area (Å²) < 4.78 is 1.91. The zero-order chi connectivity index (χ0) is 14.6. The van der Waals surface area contributed by atoms with Crippen LogP contribution in [-0.4, -0.2) is 11.1 Å². The van der Waals surface area contributed by atoms with E-state index in [0.717, 1.165) is 29.9 Å². The summed E-state index contributed by atoms with van der Waals surface area (Å²) >= 11 is 0. The smallest absolute Gasteiger partial charge is 0.255 e. The SMILES string of the molecule is Cc1cc(C)n(CC(C)C)c(=O)c1CNCC(C)C. The van der Waals surface area contributed by atoms with E-state index >= 15 is 0 Å². The Bertz CT molecular complexity index is 472. The van der Waals surface area contributed by atoms with Gasteiger partial charge in [0.1, 0.15) is 0 Å². The second-order valence-electron chi connectivity index (χ2n) is 6.28. The first kappa shape index (κ1) is 16.0. The van der Waals surface area contributed by atoms with E-state index in [0.29, 0.717) is 18.4 Å². The lowest BCUT2D eigenvalue weighted by atomic mass is 10.1. The maximum Gasteiger partial charge on any atom is 0.255 e. The van der Waals surface area contributed by atoms with Gasteiger partial charge in [-0.1, -0.05) is 27.7 Å². The summed E-state index contributed by atoms with van der Waals surface area (Å²) in [5.41, 5.74) is 3.23. The standard InChI is InChI=1S/C16H28N2O/c1-11(2)8-17-9-15-13(5)7-14(6)18(16(15)19)10-12(3)4/h7,11-12,17H,8-10H2,1-6H3. The van der Waals surface area contributed by atoms with E-state index in [1.807, 2.05) is 18.4 Å². The average molecular weight is 264 g/mol. The molecule has 1 aromatic rings. The van der Waals surface area contributed by atoms with Crippen LogP contribution in [0.5, 0.6) is 0 Å². The zero-order valence-corrected chi connectivity index (χ0v) is 13.2. The van der Waals surface area contributed by atoms with Crippen LogP contribution in [0.3, 0.4) is 0 Å². The maximum atomic E-state index is 12.5. The first-order valence-corrected chi connectivity index (χ1v) is 7.23. The van der Waals surface area contributed by atoms with Crippen LogP contribution in [0.2, 0.25) is 0 Å². The molecule has 19 heavy (non-hydrogen) atoms. The third kappa shape index (κ3) is 4.50. The molecule has 1 heterocycles. The van der Waals surface area contributed by atoms with Gasteiger partial charge in [0.05, 0.1) is 0 Å². The number of hydrogen-bond donors (Lipinski definition) is 1. The Kier molecular flexibility index (Phi) is 5.80. The summed E-state index contributed by atoms with van der Waals surface area (Å²) in [5, 5.41) is 3.37. The Morgan fingerprint density at radius 2 is 1.79 bits per heavy atom. The Labute approximate surface area is 117 Å². The molecule has 0 saturated heterocycles. The minimum Gasteiger partial charge on any atom is -0.312 e. The zero-order valence-electron chi connectivity index (χ0n) is 13.2. The van der Waals surface area contributed by atoms with Crippen LogP contribution in [0.15, 0.2) is 10.9 Å². The highest BCUT2D eigenvalue weighted by Gasteiger charge is 2.11. The quantitative estimate of drug-likeness (QED) is 0.857. The molecule has 0 aliphatic heterocycles. The average Bonchev–Trinajstić information content (AvgIpc) is 2.28. The second kappa shape index (κ2) is 6.90. The topological polar surface area (TPSA) is 34.0 Å². The molecule has 0 aliphatic rings. The van der Waals surface area contributed by atoms with Gasteiger partial charge in [0.2, 0.25) is 0 Å². The summed E-state index contributed by atoms with van der Waals surface area (Å²) in [6, 6.07) is 2.12. The molecule has 108 valence electrons. The lowest BCUT2D eigenvalue weighted by molar-refractivity contribution is 0.494. The number of rotatable bonds is 6. The molecule has 1 aromatic heterocycles. The van der Waals surface area contributed by atoms with Gasteiger partial charge in [-0.15, -0.1) is 0 Å². The van der Waals surface area contributed by atoms with Crippen LogP contribution in [0, 0.1) is 25.7 Å². The van der Waals surface area contributed by atoms with Crippen LogP contribution < -0.4 is 10.9 Å². The molecule has 0 aliphatic carbocycles. The fourth-order valence-corrected chi connectivity index (χ4v) is 2.26. The monoisotopic (exact) mass is 264 g/mol. The van der Waals surface area contributed by atoms with E-state index < -0.39 is 0 Å². The second-order valence-corrected chi connectivity index (χ2v) is 6.28. The highest BCUT2D eigenvalue weighted by molar-refractivity contribution is 5.26. The third-order valence-corrected chi connectivity index (χ3v) is 3.23. The van der Waals surface area contributed by atoms with Gasteiger partial charge in [0.25, 0.3) is 5.56 Å². The number of hydrogen-bond acceptors (Lipinski definition) is 2. The van der Waals surface area contributed by atoms with Crippen LogP contribution in [0.1, 0.15) is 44.5 Å². The first-order chi connectivity index (χ1) is 8.82. The summed E-state index contributed by atoms with van der Waals surface area (Å²) in [5.74, 6) is 1.08. The Morgan fingerprint density at radius 3 is 2.32 bits per heavy atom. The molecule has 0 aromatic carbocycles. The molecule has 0 amide bonds. The third-order valence-electron chi connectivity index (χ3n) is 3.23. The molecule has 1 N–H and O–H groups in total. The van der Waals surface area contributed by atoms with Gasteiger partial charge >= 0.3 is 0 Å². The van der Waals surface area contributed by atoms with Crippen molar-refractivity contribution in [2.45, 2.75) is 54.6 Å². The number of aromatic nitrogens is 1. The van der Waals surface area contributed by atoms with Crippen LogP contribution in [-0.2, 0) is 13.1 Å². The van der Waals surface area contributed by atoms with Crippen LogP contribution in [0.4, 0.5) is 0 Å². The van der Waals surface area contributed by atoms with Gasteiger partial charge in [-0.3, -0.25) is 4.79 Å². The van der Waals surface area contributed by atoms with Crippen molar-refractivity contribution in [1.82, 2.24) is 9.88 Å². The molecule has 0 spiro atoms. The number of nitrogens with one attached hydrogen (secondary N) is 1. The highest BCUT2D eigenvalue weighted by atomic mass is 16.1. The minimum absolute atomic E-state index is 0.169.